The van der Waals surface area contributed by atoms with Crippen molar-refractivity contribution >= 4 is 28.2 Å². The van der Waals surface area contributed by atoms with Crippen molar-refractivity contribution in [3.8, 4) is 22.8 Å². The first-order valence-corrected chi connectivity index (χ1v) is 11.5. The van der Waals surface area contributed by atoms with Crippen molar-refractivity contribution in [3.05, 3.63) is 101 Å². The highest BCUT2D eigenvalue weighted by Gasteiger charge is 2.18. The fourth-order valence-electron chi connectivity index (χ4n) is 3.99. The van der Waals surface area contributed by atoms with Gasteiger partial charge in [0.15, 0.2) is 0 Å². The third kappa shape index (κ3) is 4.98. The van der Waals surface area contributed by atoms with E-state index in [1.54, 1.807) is 24.4 Å². The van der Waals surface area contributed by atoms with E-state index in [0.717, 1.165) is 11.3 Å². The van der Waals surface area contributed by atoms with Gasteiger partial charge in [0.1, 0.15) is 11.5 Å². The summed E-state index contributed by atoms with van der Waals surface area (Å²) in [5.41, 5.74) is 3.26. The quantitative estimate of drug-likeness (QED) is 0.225. The van der Waals surface area contributed by atoms with E-state index in [1.807, 2.05) is 49.0 Å². The molecule has 1 amide bonds. The lowest BCUT2D eigenvalue weighted by Crippen LogP contribution is -2.13. The van der Waals surface area contributed by atoms with Gasteiger partial charge in [-0.15, -0.1) is 0 Å². The van der Waals surface area contributed by atoms with Gasteiger partial charge >= 0.3 is 0 Å². The number of benzene rings is 2. The van der Waals surface area contributed by atoms with Crippen molar-refractivity contribution < 1.29 is 14.5 Å². The molecule has 5 rings (SSSR count). The normalized spacial score (nSPS) is 10.9. The second-order valence-corrected chi connectivity index (χ2v) is 8.27. The molecule has 0 atom stereocenters. The lowest BCUT2D eigenvalue weighted by molar-refractivity contribution is -0.384. The second-order valence-electron chi connectivity index (χ2n) is 8.27. The van der Waals surface area contributed by atoms with E-state index in [-0.39, 0.29) is 17.1 Å². The third-order valence-electron chi connectivity index (χ3n) is 5.74. The lowest BCUT2D eigenvalue weighted by atomic mass is 10.0. The number of nitro groups is 1. The first kappa shape index (κ1) is 23.6. The number of rotatable bonds is 7. The number of non-ortho nitro benzene ring substituents is 1. The van der Waals surface area contributed by atoms with Gasteiger partial charge in [0.2, 0.25) is 0 Å². The Kier molecular flexibility index (Phi) is 6.29. The zero-order chi connectivity index (χ0) is 25.9. The number of nitro benzene ring substituents is 1. The molecular formula is C27H22N6O4. The highest BCUT2D eigenvalue weighted by atomic mass is 16.6. The van der Waals surface area contributed by atoms with Crippen LogP contribution in [0.25, 0.3) is 22.2 Å². The van der Waals surface area contributed by atoms with Gasteiger partial charge in [-0.25, -0.2) is 4.98 Å². The van der Waals surface area contributed by atoms with Crippen molar-refractivity contribution in [1.82, 2.24) is 19.7 Å². The third-order valence-corrected chi connectivity index (χ3v) is 5.74. The van der Waals surface area contributed by atoms with Gasteiger partial charge in [0.25, 0.3) is 11.6 Å². The predicted octanol–water partition coefficient (Wildman–Crippen LogP) is 5.77. The van der Waals surface area contributed by atoms with E-state index in [0.29, 0.717) is 34.5 Å². The predicted molar refractivity (Wildman–Crippen MR) is 139 cm³/mol. The number of aromatic nitrogens is 4. The Morgan fingerprint density at radius 1 is 1.11 bits per heavy atom. The standard InChI is InChI=1S/C27H22N6O4/c1-3-32-16-24(17(2)31-32)26-14-23(22-8-4-5-9-25(22)30-26)27(34)29-18-11-19(33(35)36)13-21(12-18)37-20-7-6-10-28-15-20/h4-16H,3H2,1-2H3,(H,29,34). The molecule has 3 heterocycles. The van der Waals surface area contributed by atoms with Crippen LogP contribution in [0.2, 0.25) is 0 Å². The average molecular weight is 495 g/mol. The van der Waals surface area contributed by atoms with Crippen LogP contribution in [0.4, 0.5) is 11.4 Å². The largest absolute Gasteiger partial charge is 0.455 e. The summed E-state index contributed by atoms with van der Waals surface area (Å²) < 4.78 is 7.55. The summed E-state index contributed by atoms with van der Waals surface area (Å²) in [6.07, 6.45) is 4.98. The molecule has 0 aliphatic carbocycles. The molecule has 0 radical (unpaired) electrons. The van der Waals surface area contributed by atoms with Crippen molar-refractivity contribution in [1.29, 1.82) is 0 Å². The molecule has 0 bridgehead atoms. The number of amides is 1. The molecule has 5 aromatic rings. The topological polar surface area (TPSA) is 125 Å². The number of hydrogen-bond donors (Lipinski definition) is 1. The van der Waals surface area contributed by atoms with E-state index >= 15 is 0 Å². The Balaban J connectivity index is 1.54. The molecule has 0 fully saturated rings. The van der Waals surface area contributed by atoms with Crippen LogP contribution >= 0.6 is 0 Å². The number of anilines is 1. The minimum atomic E-state index is -0.542. The Morgan fingerprint density at radius 3 is 2.68 bits per heavy atom. The Morgan fingerprint density at radius 2 is 1.95 bits per heavy atom. The van der Waals surface area contributed by atoms with Crippen LogP contribution in [-0.2, 0) is 6.54 Å². The number of pyridine rings is 2. The Hall–Kier alpha value is -5.12. The molecule has 37 heavy (non-hydrogen) atoms. The highest BCUT2D eigenvalue weighted by molar-refractivity contribution is 6.13. The SMILES string of the molecule is CCn1cc(-c2cc(C(=O)Nc3cc(Oc4cccnc4)cc([N+](=O)[O-])c3)c3ccccc3n2)c(C)n1. The van der Waals surface area contributed by atoms with Gasteiger partial charge in [-0.05, 0) is 38.1 Å². The van der Waals surface area contributed by atoms with Crippen molar-refractivity contribution in [3.63, 3.8) is 0 Å². The van der Waals surface area contributed by atoms with Crippen LogP contribution < -0.4 is 10.1 Å². The van der Waals surface area contributed by atoms with E-state index in [2.05, 4.69) is 15.4 Å². The molecule has 10 heteroatoms. The monoisotopic (exact) mass is 494 g/mol. The number of para-hydroxylation sites is 1. The Labute approximate surface area is 211 Å². The van der Waals surface area contributed by atoms with Gasteiger partial charge in [-0.1, -0.05) is 18.2 Å². The number of aryl methyl sites for hydroxylation is 2. The van der Waals surface area contributed by atoms with Gasteiger partial charge in [0.05, 0.1) is 45.3 Å². The summed E-state index contributed by atoms with van der Waals surface area (Å²) in [7, 11) is 0. The number of nitrogens with zero attached hydrogens (tertiary/aromatic N) is 5. The maximum absolute atomic E-state index is 13.5. The minimum absolute atomic E-state index is 0.195. The number of carbonyl (C=O) groups excluding carboxylic acids is 1. The van der Waals surface area contributed by atoms with E-state index in [4.69, 9.17) is 9.72 Å². The number of fused-ring (bicyclic) bond motifs is 1. The van der Waals surface area contributed by atoms with Crippen molar-refractivity contribution in [2.24, 2.45) is 0 Å². The minimum Gasteiger partial charge on any atom is -0.455 e. The number of nitrogens with one attached hydrogen (secondary N) is 1. The van der Waals surface area contributed by atoms with E-state index < -0.39 is 10.8 Å². The number of ether oxygens (including phenoxy) is 1. The zero-order valence-corrected chi connectivity index (χ0v) is 20.1. The molecule has 0 saturated heterocycles. The highest BCUT2D eigenvalue weighted by Crippen LogP contribution is 2.31. The summed E-state index contributed by atoms with van der Waals surface area (Å²) in [6, 6.07) is 16.5. The maximum Gasteiger partial charge on any atom is 0.275 e. The van der Waals surface area contributed by atoms with Crippen LogP contribution in [0.5, 0.6) is 11.5 Å². The molecule has 1 N–H and O–H groups in total. The fraction of sp³-hybridized carbons (Fsp3) is 0.111. The lowest BCUT2D eigenvalue weighted by Gasteiger charge is -2.12. The molecular weight excluding hydrogens is 472 g/mol. The molecule has 0 unspecified atom stereocenters. The summed E-state index contributed by atoms with van der Waals surface area (Å²) in [6.45, 7) is 4.59. The van der Waals surface area contributed by atoms with Crippen molar-refractivity contribution in [2.75, 3.05) is 5.32 Å². The van der Waals surface area contributed by atoms with E-state index in [9.17, 15) is 14.9 Å². The summed E-state index contributed by atoms with van der Waals surface area (Å²) in [5, 5.41) is 19.5. The number of carbonyl (C=O) groups is 1. The molecule has 10 nitrogen and oxygen atoms in total. The van der Waals surface area contributed by atoms with E-state index in [1.165, 1.54) is 24.4 Å². The Bertz CT molecular complexity index is 1630. The number of hydrogen-bond acceptors (Lipinski definition) is 7. The van der Waals surface area contributed by atoms with Gasteiger partial charge in [-0.3, -0.25) is 24.6 Å². The van der Waals surface area contributed by atoms with Gasteiger partial charge in [0, 0.05) is 42.0 Å². The summed E-state index contributed by atoms with van der Waals surface area (Å²) in [5.74, 6) is 0.168. The summed E-state index contributed by atoms with van der Waals surface area (Å²) in [4.78, 5) is 33.3. The van der Waals surface area contributed by atoms with Crippen LogP contribution in [0.1, 0.15) is 23.0 Å². The zero-order valence-electron chi connectivity index (χ0n) is 20.1. The smallest absolute Gasteiger partial charge is 0.275 e. The molecule has 0 aliphatic heterocycles. The van der Waals surface area contributed by atoms with Crippen LogP contribution in [0.15, 0.2) is 79.3 Å². The average Bonchev–Trinajstić information content (AvgIpc) is 3.29. The van der Waals surface area contributed by atoms with Crippen LogP contribution in [-0.4, -0.2) is 30.6 Å². The van der Waals surface area contributed by atoms with Gasteiger partial charge < -0.3 is 10.1 Å². The fourth-order valence-corrected chi connectivity index (χ4v) is 3.99. The molecule has 0 saturated carbocycles. The molecule has 2 aromatic carbocycles. The first-order chi connectivity index (χ1) is 17.9. The molecule has 3 aromatic heterocycles. The van der Waals surface area contributed by atoms with Gasteiger partial charge in [-0.2, -0.15) is 5.10 Å². The van der Waals surface area contributed by atoms with Crippen LogP contribution in [0, 0.1) is 17.0 Å². The summed E-state index contributed by atoms with van der Waals surface area (Å²) >= 11 is 0. The first-order valence-electron chi connectivity index (χ1n) is 11.5. The second kappa shape index (κ2) is 9.86. The molecule has 0 aliphatic rings. The maximum atomic E-state index is 13.5. The molecule has 0 spiro atoms. The van der Waals surface area contributed by atoms with Crippen molar-refractivity contribution in [2.45, 2.75) is 20.4 Å². The van der Waals surface area contributed by atoms with Crippen LogP contribution in [0.3, 0.4) is 0 Å². The molecule has 184 valence electrons.